The number of rotatable bonds is 7. The minimum Gasteiger partial charge on any atom is -0.493 e. The summed E-state index contributed by atoms with van der Waals surface area (Å²) in [5.74, 6) is 0.574. The van der Waals surface area contributed by atoms with Gasteiger partial charge in [0.25, 0.3) is 5.24 Å². The number of imide groups is 1. The maximum absolute atomic E-state index is 11.6. The summed E-state index contributed by atoms with van der Waals surface area (Å²) in [5, 5.41) is 1.70. The van der Waals surface area contributed by atoms with Crippen molar-refractivity contribution in [1.82, 2.24) is 10.3 Å². The van der Waals surface area contributed by atoms with Gasteiger partial charge in [0.15, 0.2) is 0 Å². The maximum Gasteiger partial charge on any atom is 0.394 e. The second-order valence-corrected chi connectivity index (χ2v) is 8.36. The van der Waals surface area contributed by atoms with Crippen molar-refractivity contribution in [2.45, 2.75) is 31.4 Å². The molecule has 1 atom stereocenters. The summed E-state index contributed by atoms with van der Waals surface area (Å²) < 4.78 is 37.3. The summed E-state index contributed by atoms with van der Waals surface area (Å²) in [6.07, 6.45) is 4.19. The number of pyridine rings is 1. The van der Waals surface area contributed by atoms with Gasteiger partial charge in [0.1, 0.15) is 5.75 Å². The van der Waals surface area contributed by atoms with Crippen LogP contribution in [0.15, 0.2) is 42.6 Å². The molecule has 11 heteroatoms. The molecule has 2 amide bonds. The summed E-state index contributed by atoms with van der Waals surface area (Å²) in [5.41, 5.74) is 3.25. The quantitative estimate of drug-likeness (QED) is 0.538. The van der Waals surface area contributed by atoms with Crippen LogP contribution in [0, 0.1) is 0 Å². The highest BCUT2D eigenvalue weighted by Gasteiger charge is 2.31. The maximum atomic E-state index is 11.6. The first-order valence-corrected chi connectivity index (χ1v) is 11.3. The summed E-state index contributed by atoms with van der Waals surface area (Å²) in [7, 11) is -4.67. The Labute approximate surface area is 178 Å². The lowest BCUT2D eigenvalue weighted by Crippen LogP contribution is -2.25. The average Bonchev–Trinajstić information content (AvgIpc) is 2.99. The van der Waals surface area contributed by atoms with E-state index in [1.165, 1.54) is 5.56 Å². The van der Waals surface area contributed by atoms with Crippen LogP contribution in [0.2, 0.25) is 0 Å². The van der Waals surface area contributed by atoms with Crippen molar-refractivity contribution in [3.8, 4) is 5.75 Å². The van der Waals surface area contributed by atoms with E-state index in [4.69, 9.17) is 22.3 Å². The van der Waals surface area contributed by atoms with Crippen LogP contribution in [0.5, 0.6) is 5.75 Å². The molecular formula is C19H22N2O7S2. The van der Waals surface area contributed by atoms with Gasteiger partial charge in [-0.05, 0) is 42.2 Å². The highest BCUT2D eigenvalue weighted by Crippen LogP contribution is 2.23. The van der Waals surface area contributed by atoms with Gasteiger partial charge < -0.3 is 4.74 Å². The van der Waals surface area contributed by atoms with E-state index in [0.717, 1.165) is 41.6 Å². The van der Waals surface area contributed by atoms with E-state index in [1.54, 1.807) is 0 Å². The number of ether oxygens (including phenoxy) is 1. The van der Waals surface area contributed by atoms with Crippen molar-refractivity contribution in [3.63, 3.8) is 0 Å². The molecule has 1 aromatic carbocycles. The number of benzene rings is 1. The van der Waals surface area contributed by atoms with Crippen molar-refractivity contribution in [3.05, 3.63) is 59.4 Å². The Bertz CT molecular complexity index is 953. The largest absolute Gasteiger partial charge is 0.493 e. The van der Waals surface area contributed by atoms with Crippen LogP contribution in [-0.2, 0) is 34.5 Å². The van der Waals surface area contributed by atoms with E-state index in [9.17, 15) is 9.59 Å². The summed E-state index contributed by atoms with van der Waals surface area (Å²) in [4.78, 5) is 27.2. The smallest absolute Gasteiger partial charge is 0.394 e. The zero-order chi connectivity index (χ0) is 22.1. The van der Waals surface area contributed by atoms with Crippen molar-refractivity contribution < 1.29 is 31.8 Å². The highest BCUT2D eigenvalue weighted by atomic mass is 32.3. The number of thioether (sulfide) groups is 1. The van der Waals surface area contributed by atoms with Gasteiger partial charge in [-0.1, -0.05) is 36.9 Å². The first-order chi connectivity index (χ1) is 14.1. The van der Waals surface area contributed by atoms with Crippen LogP contribution in [0.25, 0.3) is 0 Å². The number of carbonyl (C=O) groups excluding carboxylic acids is 2. The number of nitrogens with one attached hydrogen (secondary N) is 1. The Morgan fingerprint density at radius 2 is 1.73 bits per heavy atom. The molecule has 0 saturated carbocycles. The Hall–Kier alpha value is -2.47. The van der Waals surface area contributed by atoms with Crippen LogP contribution >= 0.6 is 11.8 Å². The number of aryl methyl sites for hydroxylation is 1. The predicted molar refractivity (Wildman–Crippen MR) is 112 cm³/mol. The van der Waals surface area contributed by atoms with Gasteiger partial charge in [-0.15, -0.1) is 0 Å². The fourth-order valence-corrected chi connectivity index (χ4v) is 3.41. The number of amides is 2. The molecule has 3 N–H and O–H groups in total. The highest BCUT2D eigenvalue weighted by molar-refractivity contribution is 8.15. The van der Waals surface area contributed by atoms with Crippen LogP contribution in [0.3, 0.4) is 0 Å². The molecule has 2 aromatic rings. The Morgan fingerprint density at radius 3 is 2.23 bits per heavy atom. The Morgan fingerprint density at radius 1 is 1.10 bits per heavy atom. The second-order valence-electron chi connectivity index (χ2n) is 6.29. The normalized spacial score (nSPS) is 15.9. The van der Waals surface area contributed by atoms with E-state index < -0.39 is 10.4 Å². The molecular weight excluding hydrogens is 432 g/mol. The first kappa shape index (κ1) is 23.8. The zero-order valence-electron chi connectivity index (χ0n) is 16.1. The van der Waals surface area contributed by atoms with Gasteiger partial charge in [-0.25, -0.2) is 0 Å². The van der Waals surface area contributed by atoms with Gasteiger partial charge in [-0.3, -0.25) is 29.0 Å². The third kappa shape index (κ3) is 8.91. The summed E-state index contributed by atoms with van der Waals surface area (Å²) in [6, 6.07) is 11.8. The van der Waals surface area contributed by atoms with Crippen LogP contribution in [-0.4, -0.2) is 45.5 Å². The van der Waals surface area contributed by atoms with Gasteiger partial charge in [0.05, 0.1) is 11.9 Å². The van der Waals surface area contributed by atoms with Crippen LogP contribution in [0.1, 0.15) is 23.7 Å². The van der Waals surface area contributed by atoms with Crippen molar-refractivity contribution in [2.75, 3.05) is 6.61 Å². The number of aromatic nitrogens is 1. The molecule has 1 aromatic heterocycles. The minimum absolute atomic E-state index is 0.211. The molecule has 3 rings (SSSR count). The average molecular weight is 455 g/mol. The molecule has 30 heavy (non-hydrogen) atoms. The SMILES string of the molecule is CCc1ccc(CCOc2ccc(CC3SC(=O)NC3=O)cc2)nc1.O=S(=O)(O)O. The molecule has 0 bridgehead atoms. The second kappa shape index (κ2) is 11.1. The molecule has 1 unspecified atom stereocenters. The minimum atomic E-state index is -4.67. The van der Waals surface area contributed by atoms with Crippen molar-refractivity contribution in [2.24, 2.45) is 0 Å². The zero-order valence-corrected chi connectivity index (χ0v) is 17.8. The topological polar surface area (TPSA) is 143 Å². The van der Waals surface area contributed by atoms with Gasteiger partial charge in [-0.2, -0.15) is 8.42 Å². The van der Waals surface area contributed by atoms with E-state index in [0.29, 0.717) is 13.0 Å². The lowest BCUT2D eigenvalue weighted by atomic mass is 10.1. The van der Waals surface area contributed by atoms with Crippen LogP contribution in [0.4, 0.5) is 4.79 Å². The summed E-state index contributed by atoms with van der Waals surface area (Å²) >= 11 is 1.05. The fraction of sp³-hybridized carbons (Fsp3) is 0.316. The molecule has 1 saturated heterocycles. The van der Waals surface area contributed by atoms with Crippen molar-refractivity contribution >= 4 is 33.3 Å². The third-order valence-corrected chi connectivity index (χ3v) is 5.01. The predicted octanol–water partition coefficient (Wildman–Crippen LogP) is 2.51. The Kier molecular flexibility index (Phi) is 8.78. The molecule has 0 aliphatic carbocycles. The molecule has 2 heterocycles. The third-order valence-electron chi connectivity index (χ3n) is 4.03. The molecule has 1 aliphatic heterocycles. The molecule has 1 aliphatic rings. The number of hydrogen-bond donors (Lipinski definition) is 3. The van der Waals surface area contributed by atoms with Crippen molar-refractivity contribution in [1.29, 1.82) is 0 Å². The standard InChI is InChI=1S/C19H20N2O3S.H2O4S/c1-2-13-3-6-15(20-12-13)9-10-24-16-7-4-14(5-8-16)11-17-18(22)21-19(23)25-17;1-5(2,3)4/h3-8,12,17H,2,9-11H2,1H3,(H,21,22,23);(H2,1,2,3,4). The Balaban J connectivity index is 0.000000575. The van der Waals surface area contributed by atoms with E-state index in [1.807, 2.05) is 36.5 Å². The monoisotopic (exact) mass is 454 g/mol. The molecule has 9 nitrogen and oxygen atoms in total. The van der Waals surface area contributed by atoms with Gasteiger partial charge in [0, 0.05) is 18.3 Å². The van der Waals surface area contributed by atoms with Crippen LogP contribution < -0.4 is 10.1 Å². The fourth-order valence-electron chi connectivity index (χ4n) is 2.55. The first-order valence-electron chi connectivity index (χ1n) is 9.01. The number of hydrogen-bond acceptors (Lipinski definition) is 7. The lowest BCUT2D eigenvalue weighted by molar-refractivity contribution is -0.118. The van der Waals surface area contributed by atoms with Gasteiger partial charge >= 0.3 is 10.4 Å². The molecule has 0 radical (unpaired) electrons. The van der Waals surface area contributed by atoms with E-state index in [2.05, 4.69) is 23.3 Å². The lowest BCUT2D eigenvalue weighted by Gasteiger charge is -2.09. The molecule has 0 spiro atoms. The molecule has 162 valence electrons. The number of nitrogens with zero attached hydrogens (tertiary/aromatic N) is 1. The summed E-state index contributed by atoms with van der Waals surface area (Å²) in [6.45, 7) is 2.67. The van der Waals surface area contributed by atoms with E-state index in [-0.39, 0.29) is 16.4 Å². The number of carbonyl (C=O) groups is 2. The van der Waals surface area contributed by atoms with E-state index >= 15 is 0 Å². The molecule has 1 fully saturated rings. The van der Waals surface area contributed by atoms with Gasteiger partial charge in [0.2, 0.25) is 5.91 Å².